The molecule has 0 spiro atoms. The van der Waals surface area contributed by atoms with E-state index < -0.39 is 0 Å². The van der Waals surface area contributed by atoms with Gasteiger partial charge in [0.05, 0.1) is 10.4 Å². The average Bonchev–Trinajstić information content (AvgIpc) is 2.72. The number of hydrogen-bond acceptors (Lipinski definition) is 7. The van der Waals surface area contributed by atoms with Gasteiger partial charge in [0.1, 0.15) is 10.0 Å². The third kappa shape index (κ3) is 2.35. The van der Waals surface area contributed by atoms with Crippen LogP contribution in [0.15, 0.2) is 10.4 Å². The van der Waals surface area contributed by atoms with Crippen LogP contribution in [0.5, 0.6) is 0 Å². The van der Waals surface area contributed by atoms with E-state index in [0.29, 0.717) is 15.2 Å². The van der Waals surface area contributed by atoms with Gasteiger partial charge in [-0.1, -0.05) is 27.4 Å². The Bertz CT molecular complexity index is 426. The molecule has 0 radical (unpaired) electrons. The smallest absolute Gasteiger partial charge is 0.181 e. The van der Waals surface area contributed by atoms with Gasteiger partial charge in [0.15, 0.2) is 5.13 Å². The topological polar surface area (TPSA) is 64.7 Å². The van der Waals surface area contributed by atoms with Crippen molar-refractivity contribution < 1.29 is 0 Å². The summed E-state index contributed by atoms with van der Waals surface area (Å²) < 4.78 is 5.46. The normalized spacial score (nSPS) is 10.6. The van der Waals surface area contributed by atoms with E-state index >= 15 is 0 Å². The van der Waals surface area contributed by atoms with Gasteiger partial charge in [-0.2, -0.15) is 0 Å². The second-order valence-electron chi connectivity index (χ2n) is 2.30. The van der Waals surface area contributed by atoms with Crippen molar-refractivity contribution >= 4 is 51.4 Å². The van der Waals surface area contributed by atoms with Crippen molar-refractivity contribution in [1.29, 1.82) is 0 Å². The molecule has 0 aliphatic carbocycles. The SMILES string of the molecule is Nc1ncc(SCc2nnsc2Cl)s1. The fraction of sp³-hybridized carbons (Fsp3) is 0.167. The summed E-state index contributed by atoms with van der Waals surface area (Å²) in [7, 11) is 0. The van der Waals surface area contributed by atoms with Crippen molar-refractivity contribution in [2.45, 2.75) is 9.96 Å². The average molecular weight is 265 g/mol. The van der Waals surface area contributed by atoms with E-state index in [1.54, 1.807) is 18.0 Å². The summed E-state index contributed by atoms with van der Waals surface area (Å²) in [6.45, 7) is 0. The van der Waals surface area contributed by atoms with Gasteiger partial charge >= 0.3 is 0 Å². The zero-order valence-electron chi connectivity index (χ0n) is 6.81. The third-order valence-corrected chi connectivity index (χ3v) is 4.38. The molecular formula is C6H5ClN4S3. The van der Waals surface area contributed by atoms with Gasteiger partial charge in [-0.15, -0.1) is 16.9 Å². The minimum Gasteiger partial charge on any atom is -0.375 e. The van der Waals surface area contributed by atoms with Gasteiger partial charge in [0.25, 0.3) is 0 Å². The van der Waals surface area contributed by atoms with E-state index in [-0.39, 0.29) is 0 Å². The zero-order valence-corrected chi connectivity index (χ0v) is 10.0. The van der Waals surface area contributed by atoms with Crippen molar-refractivity contribution in [2.75, 3.05) is 5.73 Å². The standard InChI is InChI=1S/C6H5ClN4S3/c7-5-3(10-11-14-5)2-12-4-1-9-6(8)13-4/h1H,2H2,(H2,8,9). The Morgan fingerprint density at radius 3 is 3.00 bits per heavy atom. The second kappa shape index (κ2) is 4.43. The van der Waals surface area contributed by atoms with E-state index in [2.05, 4.69) is 14.6 Å². The molecule has 0 saturated carbocycles. The zero-order chi connectivity index (χ0) is 9.97. The van der Waals surface area contributed by atoms with Crippen LogP contribution in [0, 0.1) is 0 Å². The van der Waals surface area contributed by atoms with E-state index in [9.17, 15) is 0 Å². The van der Waals surface area contributed by atoms with E-state index in [0.717, 1.165) is 9.90 Å². The molecule has 0 unspecified atom stereocenters. The molecule has 2 rings (SSSR count). The van der Waals surface area contributed by atoms with Gasteiger partial charge in [0.2, 0.25) is 0 Å². The van der Waals surface area contributed by atoms with Crippen molar-refractivity contribution in [2.24, 2.45) is 0 Å². The first-order valence-corrected chi connectivity index (χ1v) is 6.52. The van der Waals surface area contributed by atoms with Crippen LogP contribution in [0.2, 0.25) is 4.34 Å². The van der Waals surface area contributed by atoms with Crippen LogP contribution in [-0.4, -0.2) is 14.6 Å². The van der Waals surface area contributed by atoms with E-state index in [1.807, 2.05) is 0 Å². The van der Waals surface area contributed by atoms with Crippen LogP contribution in [-0.2, 0) is 5.75 Å². The maximum absolute atomic E-state index is 5.85. The number of nitrogens with zero attached hydrogens (tertiary/aromatic N) is 3. The number of nitrogens with two attached hydrogens (primary N) is 1. The Kier molecular flexibility index (Phi) is 3.22. The lowest BCUT2D eigenvalue weighted by Gasteiger charge is -1.92. The van der Waals surface area contributed by atoms with Gasteiger partial charge in [0, 0.05) is 17.3 Å². The summed E-state index contributed by atoms with van der Waals surface area (Å²) >= 11 is 10.1. The van der Waals surface area contributed by atoms with Crippen LogP contribution in [0.3, 0.4) is 0 Å². The number of nitrogen functional groups attached to an aromatic ring is 1. The number of hydrogen-bond donors (Lipinski definition) is 1. The molecule has 2 N–H and O–H groups in total. The highest BCUT2D eigenvalue weighted by molar-refractivity contribution is 8.00. The largest absolute Gasteiger partial charge is 0.375 e. The van der Waals surface area contributed by atoms with Crippen LogP contribution >= 0.6 is 46.2 Å². The maximum Gasteiger partial charge on any atom is 0.181 e. The monoisotopic (exact) mass is 264 g/mol. The Morgan fingerprint density at radius 1 is 1.57 bits per heavy atom. The van der Waals surface area contributed by atoms with Crippen molar-refractivity contribution in [3.8, 4) is 0 Å². The molecule has 4 nitrogen and oxygen atoms in total. The molecule has 0 aliphatic rings. The highest BCUT2D eigenvalue weighted by Gasteiger charge is 2.07. The number of anilines is 1. The van der Waals surface area contributed by atoms with Crippen molar-refractivity contribution in [3.63, 3.8) is 0 Å². The molecule has 74 valence electrons. The first-order chi connectivity index (χ1) is 6.75. The summed E-state index contributed by atoms with van der Waals surface area (Å²) in [5, 5.41) is 4.49. The number of aromatic nitrogens is 3. The lowest BCUT2D eigenvalue weighted by Crippen LogP contribution is -1.80. The second-order valence-corrected chi connectivity index (χ2v) is 5.99. The summed E-state index contributed by atoms with van der Waals surface area (Å²) in [5.41, 5.74) is 6.31. The van der Waals surface area contributed by atoms with Crippen LogP contribution in [0.4, 0.5) is 5.13 Å². The molecule has 0 saturated heterocycles. The molecule has 0 atom stereocenters. The van der Waals surface area contributed by atoms with Gasteiger partial charge in [-0.3, -0.25) is 0 Å². The van der Waals surface area contributed by atoms with Gasteiger partial charge in [-0.05, 0) is 0 Å². The summed E-state index contributed by atoms with van der Waals surface area (Å²) in [6.07, 6.45) is 1.75. The van der Waals surface area contributed by atoms with E-state index in [4.69, 9.17) is 17.3 Å². The summed E-state index contributed by atoms with van der Waals surface area (Å²) in [6, 6.07) is 0. The molecule has 0 aromatic carbocycles. The molecule has 8 heteroatoms. The highest BCUT2D eigenvalue weighted by atomic mass is 35.5. The Hall–Kier alpha value is -0.370. The fourth-order valence-corrected chi connectivity index (χ4v) is 3.25. The highest BCUT2D eigenvalue weighted by Crippen LogP contribution is 2.31. The molecule has 0 aliphatic heterocycles. The number of thioether (sulfide) groups is 1. The van der Waals surface area contributed by atoms with Crippen LogP contribution in [0.1, 0.15) is 5.69 Å². The third-order valence-electron chi connectivity index (χ3n) is 1.36. The van der Waals surface area contributed by atoms with Crippen molar-refractivity contribution in [3.05, 3.63) is 16.2 Å². The van der Waals surface area contributed by atoms with Crippen molar-refractivity contribution in [1.82, 2.24) is 14.6 Å². The molecule has 14 heavy (non-hydrogen) atoms. The van der Waals surface area contributed by atoms with Gasteiger partial charge in [-0.25, -0.2) is 4.98 Å². The molecule has 2 aromatic heterocycles. The summed E-state index contributed by atoms with van der Waals surface area (Å²) in [4.78, 5) is 3.95. The quantitative estimate of drug-likeness (QED) is 0.863. The first-order valence-electron chi connectivity index (χ1n) is 3.56. The maximum atomic E-state index is 5.85. The van der Waals surface area contributed by atoms with Crippen LogP contribution in [0.25, 0.3) is 0 Å². The minimum absolute atomic E-state index is 0.579. The Balaban J connectivity index is 1.98. The number of halogens is 1. The van der Waals surface area contributed by atoms with Crippen LogP contribution < -0.4 is 5.73 Å². The predicted octanol–water partition coefficient (Wildman–Crippen LogP) is 2.52. The number of rotatable bonds is 3. The lowest BCUT2D eigenvalue weighted by atomic mass is 10.6. The molecular weight excluding hydrogens is 260 g/mol. The molecule has 0 bridgehead atoms. The molecule has 0 amide bonds. The van der Waals surface area contributed by atoms with Gasteiger partial charge < -0.3 is 5.73 Å². The summed E-state index contributed by atoms with van der Waals surface area (Å²) in [5.74, 6) is 0.705. The fourth-order valence-electron chi connectivity index (χ4n) is 0.761. The predicted molar refractivity (Wildman–Crippen MR) is 61.0 cm³/mol. The molecule has 2 aromatic rings. The molecule has 0 fully saturated rings. The Morgan fingerprint density at radius 2 is 2.43 bits per heavy atom. The lowest BCUT2D eigenvalue weighted by molar-refractivity contribution is 1.07. The Labute approximate surface area is 97.7 Å². The van der Waals surface area contributed by atoms with E-state index in [1.165, 1.54) is 22.9 Å². The molecule has 2 heterocycles. The number of thiazole rings is 1. The first kappa shape index (κ1) is 10.2. The minimum atomic E-state index is 0.579.